The van der Waals surface area contributed by atoms with Gasteiger partial charge in [0.1, 0.15) is 19.8 Å². The zero-order chi connectivity index (χ0) is 69.7. The summed E-state index contributed by atoms with van der Waals surface area (Å²) >= 11 is 0. The Balaban J connectivity index is 3.86. The van der Waals surface area contributed by atoms with E-state index in [0.29, 0.717) is 23.9 Å². The molecular weight excluding hydrogens is 1210 g/mol. The quantitative estimate of drug-likeness (QED) is 0.0211. The van der Waals surface area contributed by atoms with Crippen LogP contribution in [0.1, 0.15) is 438 Å². The van der Waals surface area contributed by atoms with E-state index in [2.05, 4.69) is 62.5 Å². The van der Waals surface area contributed by atoms with Crippen molar-refractivity contribution in [2.24, 2.45) is 0 Å². The van der Waals surface area contributed by atoms with Gasteiger partial charge in [-0.1, -0.05) is 396 Å². The Hall–Kier alpha value is -2.03. The van der Waals surface area contributed by atoms with Crippen molar-refractivity contribution in [1.82, 2.24) is 0 Å². The molecule has 0 aliphatic carbocycles. The molecule has 0 heterocycles. The SMILES string of the molecule is CCCCCCC/C=C\C/C=C\CCCCCCCCCCCCCCCCCCCCCCCCCCCCCCCC(=O)OC(COC(=O)CCCCCCCCCCCCCCCCCCCCC/C=C\C/C=C\CCCCCCC)COP(=O)(O)OCC[N+](C)(C)C. The van der Waals surface area contributed by atoms with Crippen molar-refractivity contribution in [3.8, 4) is 0 Å². The van der Waals surface area contributed by atoms with Crippen LogP contribution < -0.4 is 0 Å². The van der Waals surface area contributed by atoms with E-state index in [-0.39, 0.29) is 25.6 Å². The molecule has 0 aromatic heterocycles. The highest BCUT2D eigenvalue weighted by Crippen LogP contribution is 2.43. The topological polar surface area (TPSA) is 108 Å². The summed E-state index contributed by atoms with van der Waals surface area (Å²) in [6.45, 7) is 4.49. The Kier molecular flexibility index (Phi) is 75.5. The van der Waals surface area contributed by atoms with Crippen LogP contribution in [0.25, 0.3) is 0 Å². The lowest BCUT2D eigenvalue weighted by Crippen LogP contribution is -2.37. The fourth-order valence-electron chi connectivity index (χ4n) is 12.8. The molecule has 9 nitrogen and oxygen atoms in total. The standard InChI is InChI=1S/C86H164NO8P/c1-6-8-10-12-14-16-18-20-22-24-26-28-30-32-34-36-38-39-40-41-42-43-44-45-46-47-49-51-53-55-57-59-61-63-65-67-69-71-73-75-77-79-86(89)95-84(83-94-96(90,91)93-81-80-87(3,4)5)82-92-85(88)78-76-74-72-70-68-66-64-62-60-58-56-54-52-50-48-37-35-33-31-29-27-25-23-21-19-17-15-13-11-9-7-2/h18-21,24-27,84H,6-17,22-23,28-83H2,1-5H3/p+1/b20-18-,21-19-,26-24-,27-25-. The first-order chi connectivity index (χ1) is 47.0. The Morgan fingerprint density at radius 3 is 0.823 bits per heavy atom. The van der Waals surface area contributed by atoms with Crippen molar-refractivity contribution < 1.29 is 42.1 Å². The van der Waals surface area contributed by atoms with Gasteiger partial charge in [-0.25, -0.2) is 4.57 Å². The molecule has 0 saturated heterocycles. The van der Waals surface area contributed by atoms with Gasteiger partial charge in [0, 0.05) is 12.8 Å². The molecule has 2 unspecified atom stereocenters. The van der Waals surface area contributed by atoms with Crippen LogP contribution in [0.5, 0.6) is 0 Å². The summed E-state index contributed by atoms with van der Waals surface area (Å²) in [5.74, 6) is -0.771. The first kappa shape index (κ1) is 94.0. The van der Waals surface area contributed by atoms with E-state index in [1.807, 2.05) is 21.1 Å². The summed E-state index contributed by atoms with van der Waals surface area (Å²) in [5.41, 5.74) is 0. The molecule has 0 aliphatic rings. The second-order valence-electron chi connectivity index (χ2n) is 30.2. The molecule has 1 N–H and O–H groups in total. The fourth-order valence-corrected chi connectivity index (χ4v) is 13.6. The van der Waals surface area contributed by atoms with E-state index in [4.69, 9.17) is 18.5 Å². The number of phosphoric acid groups is 1. The van der Waals surface area contributed by atoms with Crippen molar-refractivity contribution in [3.63, 3.8) is 0 Å². The molecule has 10 heteroatoms. The number of allylic oxidation sites excluding steroid dienone is 8. The summed E-state index contributed by atoms with van der Waals surface area (Å²) in [5, 5.41) is 0. The highest BCUT2D eigenvalue weighted by molar-refractivity contribution is 7.47. The van der Waals surface area contributed by atoms with E-state index in [1.165, 1.54) is 360 Å². The summed E-state index contributed by atoms with van der Waals surface area (Å²) < 4.78 is 34.9. The van der Waals surface area contributed by atoms with E-state index in [1.54, 1.807) is 0 Å². The third-order valence-corrected chi connectivity index (χ3v) is 20.3. The smallest absolute Gasteiger partial charge is 0.462 e. The van der Waals surface area contributed by atoms with Gasteiger partial charge in [-0.05, 0) is 77.0 Å². The van der Waals surface area contributed by atoms with Gasteiger partial charge in [0.15, 0.2) is 6.10 Å². The van der Waals surface area contributed by atoms with Gasteiger partial charge in [0.2, 0.25) is 0 Å². The molecule has 0 amide bonds. The van der Waals surface area contributed by atoms with Crippen molar-refractivity contribution in [2.75, 3.05) is 47.5 Å². The van der Waals surface area contributed by atoms with Gasteiger partial charge in [0.25, 0.3) is 0 Å². The number of esters is 2. The first-order valence-electron chi connectivity index (χ1n) is 42.4. The Labute approximate surface area is 598 Å². The number of carbonyl (C=O) groups is 2. The number of rotatable bonds is 80. The van der Waals surface area contributed by atoms with Gasteiger partial charge in [-0.2, -0.15) is 0 Å². The van der Waals surface area contributed by atoms with Crippen molar-refractivity contribution in [3.05, 3.63) is 48.6 Å². The maximum absolute atomic E-state index is 12.9. The van der Waals surface area contributed by atoms with Crippen LogP contribution in [-0.2, 0) is 32.7 Å². The van der Waals surface area contributed by atoms with E-state index in [0.717, 1.165) is 44.9 Å². The van der Waals surface area contributed by atoms with Gasteiger partial charge in [0.05, 0.1) is 27.7 Å². The maximum atomic E-state index is 12.9. The molecule has 0 rings (SSSR count). The molecule has 0 saturated carbocycles. The minimum absolute atomic E-state index is 0.0349. The van der Waals surface area contributed by atoms with Crippen LogP contribution in [0.4, 0.5) is 0 Å². The monoisotopic (exact) mass is 1370 g/mol. The lowest BCUT2D eigenvalue weighted by molar-refractivity contribution is -0.870. The van der Waals surface area contributed by atoms with E-state index < -0.39 is 26.5 Å². The lowest BCUT2D eigenvalue weighted by Gasteiger charge is -2.24. The second-order valence-corrected chi connectivity index (χ2v) is 31.7. The highest BCUT2D eigenvalue weighted by atomic mass is 31.2. The van der Waals surface area contributed by atoms with E-state index >= 15 is 0 Å². The largest absolute Gasteiger partial charge is 0.472 e. The normalized spacial score (nSPS) is 13.2. The average Bonchev–Trinajstić information content (AvgIpc) is 2.54. The maximum Gasteiger partial charge on any atom is 0.472 e. The lowest BCUT2D eigenvalue weighted by atomic mass is 10.0. The Bertz CT molecular complexity index is 1760. The molecule has 2 atom stereocenters. The van der Waals surface area contributed by atoms with Crippen molar-refractivity contribution in [1.29, 1.82) is 0 Å². The summed E-state index contributed by atoms with van der Waals surface area (Å²) in [6, 6.07) is 0. The zero-order valence-electron chi connectivity index (χ0n) is 64.9. The van der Waals surface area contributed by atoms with Crippen LogP contribution in [-0.4, -0.2) is 74.9 Å². The van der Waals surface area contributed by atoms with Crippen LogP contribution in [0.15, 0.2) is 48.6 Å². The number of likely N-dealkylation sites (N-methyl/N-ethyl adjacent to an activating group) is 1. The van der Waals surface area contributed by atoms with Crippen molar-refractivity contribution in [2.45, 2.75) is 444 Å². The third-order valence-electron chi connectivity index (χ3n) is 19.3. The summed E-state index contributed by atoms with van der Waals surface area (Å²) in [4.78, 5) is 36.0. The molecular formula is C86H165NO8P+. The zero-order valence-corrected chi connectivity index (χ0v) is 65.8. The number of ether oxygens (including phenoxy) is 2. The van der Waals surface area contributed by atoms with Gasteiger partial charge < -0.3 is 18.9 Å². The molecule has 0 bridgehead atoms. The predicted octanol–water partition coefficient (Wildman–Crippen LogP) is 28.3. The molecule has 0 fully saturated rings. The van der Waals surface area contributed by atoms with Crippen molar-refractivity contribution >= 4 is 19.8 Å². The van der Waals surface area contributed by atoms with Crippen LogP contribution in [0.2, 0.25) is 0 Å². The second kappa shape index (κ2) is 77.1. The highest BCUT2D eigenvalue weighted by Gasteiger charge is 2.27. The van der Waals surface area contributed by atoms with Gasteiger partial charge >= 0.3 is 19.8 Å². The third kappa shape index (κ3) is 80.9. The number of nitrogens with zero attached hydrogens (tertiary/aromatic N) is 1. The minimum Gasteiger partial charge on any atom is -0.462 e. The average molecular weight is 1370 g/mol. The Morgan fingerprint density at radius 2 is 0.562 bits per heavy atom. The fraction of sp³-hybridized carbons (Fsp3) is 0.884. The summed E-state index contributed by atoms with van der Waals surface area (Å²) in [6.07, 6.45) is 103. The minimum atomic E-state index is -4.39. The number of phosphoric ester groups is 1. The van der Waals surface area contributed by atoms with E-state index in [9.17, 15) is 19.0 Å². The molecule has 0 spiro atoms. The van der Waals surface area contributed by atoms with Gasteiger partial charge in [-0.3, -0.25) is 18.6 Å². The number of hydrogen-bond donors (Lipinski definition) is 1. The number of carbonyl (C=O) groups excluding carboxylic acids is 2. The molecule has 96 heavy (non-hydrogen) atoms. The molecule has 566 valence electrons. The van der Waals surface area contributed by atoms with Crippen LogP contribution in [0, 0.1) is 0 Å². The predicted molar refractivity (Wildman–Crippen MR) is 418 cm³/mol. The molecule has 0 aliphatic heterocycles. The summed E-state index contributed by atoms with van der Waals surface area (Å²) in [7, 11) is 1.50. The van der Waals surface area contributed by atoms with Gasteiger partial charge in [-0.15, -0.1) is 0 Å². The molecule has 0 aromatic rings. The Morgan fingerprint density at radius 1 is 0.323 bits per heavy atom. The van der Waals surface area contributed by atoms with Crippen LogP contribution in [0.3, 0.4) is 0 Å². The number of unbranched alkanes of at least 4 members (excludes halogenated alkanes) is 58. The molecule has 0 aromatic carbocycles. The first-order valence-corrected chi connectivity index (χ1v) is 43.9. The van der Waals surface area contributed by atoms with Crippen LogP contribution >= 0.6 is 7.82 Å². The number of quaternary nitrogens is 1. The molecule has 0 radical (unpaired) electrons. The number of hydrogen-bond acceptors (Lipinski definition) is 7.